The molecule has 8 heteroatoms. The first kappa shape index (κ1) is 26.1. The van der Waals surface area contributed by atoms with Gasteiger partial charge in [-0.05, 0) is 66.9 Å². The summed E-state index contributed by atoms with van der Waals surface area (Å²) in [5.74, 6) is 0.663. The normalized spacial score (nSPS) is 14.8. The van der Waals surface area contributed by atoms with Gasteiger partial charge < -0.3 is 24.5 Å². The molecule has 1 amide bonds. The SMILES string of the molecule is Cc1c(C(=O)Nc2ccc(N3CC[C@H](COc4cccc(C(=O)O)c4)C3)nc2)oc2ccc(-c3ccccc3)cc12. The van der Waals surface area contributed by atoms with Crippen molar-refractivity contribution in [1.82, 2.24) is 4.98 Å². The van der Waals surface area contributed by atoms with Crippen LogP contribution in [0, 0.1) is 12.8 Å². The van der Waals surface area contributed by atoms with Crippen LogP contribution in [0.3, 0.4) is 0 Å². The van der Waals surface area contributed by atoms with Gasteiger partial charge in [0.1, 0.15) is 17.2 Å². The molecule has 2 aromatic heterocycles. The van der Waals surface area contributed by atoms with Crippen LogP contribution in [0.5, 0.6) is 5.75 Å². The minimum atomic E-state index is -0.974. The third-order valence-electron chi connectivity index (χ3n) is 7.43. The van der Waals surface area contributed by atoms with Crippen molar-refractivity contribution in [1.29, 1.82) is 0 Å². The second-order valence-corrected chi connectivity index (χ2v) is 10.2. The zero-order chi connectivity index (χ0) is 28.3. The molecule has 5 aromatic rings. The van der Waals surface area contributed by atoms with Crippen molar-refractivity contribution in [2.45, 2.75) is 13.3 Å². The standard InChI is InChI=1S/C33H29N3O5/c1-21-28-17-24(23-6-3-2-4-7-23)10-12-29(28)41-31(21)32(37)35-26-11-13-30(34-18-26)36-15-14-22(19-36)20-40-27-9-5-8-25(16-27)33(38)39/h2-13,16-18,22H,14-15,19-20H2,1H3,(H,35,37)(H,38,39)/t22-/m0/s1. The molecule has 206 valence electrons. The predicted octanol–water partition coefficient (Wildman–Crippen LogP) is 6.66. The van der Waals surface area contributed by atoms with Crippen LogP contribution in [0.15, 0.2) is 95.5 Å². The van der Waals surface area contributed by atoms with Crippen LogP contribution in [0.25, 0.3) is 22.1 Å². The molecule has 3 aromatic carbocycles. The number of aromatic nitrogens is 1. The molecule has 1 atom stereocenters. The van der Waals surface area contributed by atoms with E-state index in [9.17, 15) is 9.59 Å². The number of nitrogens with zero attached hydrogens (tertiary/aromatic N) is 2. The highest BCUT2D eigenvalue weighted by molar-refractivity contribution is 6.06. The number of carbonyl (C=O) groups excluding carboxylic acids is 1. The first-order valence-electron chi connectivity index (χ1n) is 13.5. The minimum Gasteiger partial charge on any atom is -0.493 e. The number of fused-ring (bicyclic) bond motifs is 1. The van der Waals surface area contributed by atoms with E-state index in [1.165, 1.54) is 0 Å². The number of carbonyl (C=O) groups is 2. The Bertz CT molecular complexity index is 1710. The van der Waals surface area contributed by atoms with Gasteiger partial charge in [-0.25, -0.2) is 9.78 Å². The maximum absolute atomic E-state index is 13.1. The summed E-state index contributed by atoms with van der Waals surface area (Å²) in [4.78, 5) is 31.0. The lowest BCUT2D eigenvalue weighted by molar-refractivity contribution is 0.0696. The van der Waals surface area contributed by atoms with Gasteiger partial charge in [0, 0.05) is 30.0 Å². The fraction of sp³-hybridized carbons (Fsp3) is 0.182. The van der Waals surface area contributed by atoms with E-state index >= 15 is 0 Å². The van der Waals surface area contributed by atoms with Crippen molar-refractivity contribution in [3.63, 3.8) is 0 Å². The van der Waals surface area contributed by atoms with Gasteiger partial charge in [0.2, 0.25) is 0 Å². The van der Waals surface area contributed by atoms with Gasteiger partial charge in [0.15, 0.2) is 5.76 Å². The maximum Gasteiger partial charge on any atom is 0.335 e. The second-order valence-electron chi connectivity index (χ2n) is 10.2. The van der Waals surface area contributed by atoms with E-state index in [4.69, 9.17) is 14.3 Å². The first-order chi connectivity index (χ1) is 19.9. The van der Waals surface area contributed by atoms with E-state index < -0.39 is 5.97 Å². The maximum atomic E-state index is 13.1. The van der Waals surface area contributed by atoms with Gasteiger partial charge in [0.05, 0.1) is 24.1 Å². The Kier molecular flexibility index (Phi) is 7.12. The van der Waals surface area contributed by atoms with Crippen LogP contribution in [0.1, 0.15) is 32.9 Å². The van der Waals surface area contributed by atoms with Crippen molar-refractivity contribution in [3.8, 4) is 16.9 Å². The average molecular weight is 548 g/mol. The number of hydrogen-bond donors (Lipinski definition) is 2. The molecule has 0 spiro atoms. The zero-order valence-electron chi connectivity index (χ0n) is 22.5. The Morgan fingerprint density at radius 3 is 2.66 bits per heavy atom. The van der Waals surface area contributed by atoms with E-state index in [0.29, 0.717) is 29.5 Å². The molecule has 1 aliphatic rings. The highest BCUT2D eigenvalue weighted by Gasteiger charge is 2.24. The van der Waals surface area contributed by atoms with Crippen LogP contribution in [0.2, 0.25) is 0 Å². The second kappa shape index (κ2) is 11.2. The first-order valence-corrected chi connectivity index (χ1v) is 13.5. The van der Waals surface area contributed by atoms with E-state index in [1.54, 1.807) is 30.5 Å². The van der Waals surface area contributed by atoms with Gasteiger partial charge in [0.25, 0.3) is 5.91 Å². The summed E-state index contributed by atoms with van der Waals surface area (Å²) in [7, 11) is 0. The number of anilines is 2. The molecule has 0 bridgehead atoms. The van der Waals surface area contributed by atoms with Gasteiger partial charge >= 0.3 is 5.97 Å². The molecule has 0 saturated carbocycles. The lowest BCUT2D eigenvalue weighted by Crippen LogP contribution is -2.22. The fourth-order valence-corrected chi connectivity index (χ4v) is 5.19. The van der Waals surface area contributed by atoms with Crippen LogP contribution in [-0.2, 0) is 0 Å². The number of nitrogens with one attached hydrogen (secondary N) is 1. The van der Waals surface area contributed by atoms with Crippen LogP contribution in [0.4, 0.5) is 11.5 Å². The number of rotatable bonds is 8. The molecule has 1 fully saturated rings. The Balaban J connectivity index is 1.07. The summed E-state index contributed by atoms with van der Waals surface area (Å²) in [6.45, 7) is 4.01. The monoisotopic (exact) mass is 547 g/mol. The number of ether oxygens (including phenoxy) is 1. The number of aryl methyl sites for hydroxylation is 1. The average Bonchev–Trinajstić information content (AvgIpc) is 3.61. The van der Waals surface area contributed by atoms with Gasteiger partial charge in [-0.15, -0.1) is 0 Å². The largest absolute Gasteiger partial charge is 0.493 e. The van der Waals surface area contributed by atoms with Crippen LogP contribution < -0.4 is 15.0 Å². The number of furan rings is 1. The summed E-state index contributed by atoms with van der Waals surface area (Å²) in [5, 5.41) is 13.0. The van der Waals surface area contributed by atoms with Crippen LogP contribution in [-0.4, -0.2) is 41.7 Å². The highest BCUT2D eigenvalue weighted by Crippen LogP contribution is 2.31. The summed E-state index contributed by atoms with van der Waals surface area (Å²) >= 11 is 0. The minimum absolute atomic E-state index is 0.208. The summed E-state index contributed by atoms with van der Waals surface area (Å²) in [5.41, 5.74) is 4.43. The molecular formula is C33H29N3O5. The third-order valence-corrected chi connectivity index (χ3v) is 7.43. The van der Waals surface area contributed by atoms with E-state index in [1.807, 2.05) is 49.4 Å². The Morgan fingerprint density at radius 2 is 1.88 bits per heavy atom. The van der Waals surface area contributed by atoms with Gasteiger partial charge in [-0.2, -0.15) is 0 Å². The van der Waals surface area contributed by atoms with Crippen molar-refractivity contribution in [2.75, 3.05) is 29.9 Å². The number of aromatic carboxylic acids is 1. The fourth-order valence-electron chi connectivity index (χ4n) is 5.19. The van der Waals surface area contributed by atoms with Crippen molar-refractivity contribution in [2.24, 2.45) is 5.92 Å². The third kappa shape index (κ3) is 5.63. The highest BCUT2D eigenvalue weighted by atomic mass is 16.5. The topological polar surface area (TPSA) is 105 Å². The molecule has 1 saturated heterocycles. The predicted molar refractivity (Wildman–Crippen MR) is 158 cm³/mol. The molecule has 1 aliphatic heterocycles. The van der Waals surface area contributed by atoms with E-state index in [-0.39, 0.29) is 17.2 Å². The van der Waals surface area contributed by atoms with Crippen molar-refractivity contribution in [3.05, 3.63) is 108 Å². The number of hydrogen-bond acceptors (Lipinski definition) is 6. The number of pyridine rings is 1. The summed E-state index contributed by atoms with van der Waals surface area (Å²) in [6, 6.07) is 26.3. The molecule has 0 unspecified atom stereocenters. The number of carboxylic acids is 1. The number of amides is 1. The molecular weight excluding hydrogens is 518 g/mol. The Hall–Kier alpha value is -5.11. The van der Waals surface area contributed by atoms with E-state index in [2.05, 4.69) is 33.4 Å². The Morgan fingerprint density at radius 1 is 1.02 bits per heavy atom. The lowest BCUT2D eigenvalue weighted by atomic mass is 10.0. The van der Waals surface area contributed by atoms with Gasteiger partial charge in [-0.3, -0.25) is 4.79 Å². The molecule has 6 rings (SSSR count). The molecule has 41 heavy (non-hydrogen) atoms. The van der Waals surface area contributed by atoms with Crippen molar-refractivity contribution >= 4 is 34.4 Å². The van der Waals surface area contributed by atoms with Crippen molar-refractivity contribution < 1.29 is 23.8 Å². The zero-order valence-corrected chi connectivity index (χ0v) is 22.5. The Labute approximate surface area is 237 Å². The number of benzene rings is 3. The molecule has 0 radical (unpaired) electrons. The number of carboxylic acid groups (broad SMARTS) is 1. The summed E-state index contributed by atoms with van der Waals surface area (Å²) in [6.07, 6.45) is 2.59. The molecule has 3 heterocycles. The quantitative estimate of drug-likeness (QED) is 0.224. The summed E-state index contributed by atoms with van der Waals surface area (Å²) < 4.78 is 11.8. The van der Waals surface area contributed by atoms with E-state index in [0.717, 1.165) is 47.4 Å². The molecule has 0 aliphatic carbocycles. The lowest BCUT2D eigenvalue weighted by Gasteiger charge is -2.18. The van der Waals surface area contributed by atoms with Crippen LogP contribution >= 0.6 is 0 Å². The molecule has 8 nitrogen and oxygen atoms in total. The van der Waals surface area contributed by atoms with Gasteiger partial charge in [-0.1, -0.05) is 42.5 Å². The molecule has 2 N–H and O–H groups in total. The smallest absolute Gasteiger partial charge is 0.335 e.